The van der Waals surface area contributed by atoms with Crippen LogP contribution in [-0.2, 0) is 20.7 Å². The smallest absolute Gasteiger partial charge is 0.303 e. The average molecular weight is 305 g/mol. The number of ether oxygens (including phenoxy) is 1. The van der Waals surface area contributed by atoms with E-state index in [1.807, 2.05) is 30.3 Å². The van der Waals surface area contributed by atoms with E-state index in [0.717, 1.165) is 25.0 Å². The number of carbonyl (C=O) groups is 2. The van der Waals surface area contributed by atoms with E-state index in [2.05, 4.69) is 5.32 Å². The number of carboxylic acids is 1. The molecule has 5 nitrogen and oxygen atoms in total. The summed E-state index contributed by atoms with van der Waals surface area (Å²) in [4.78, 5) is 22.9. The quantitative estimate of drug-likeness (QED) is 0.771. The summed E-state index contributed by atoms with van der Waals surface area (Å²) in [6, 6.07) is 9.63. The molecule has 1 fully saturated rings. The summed E-state index contributed by atoms with van der Waals surface area (Å²) in [6.07, 6.45) is 3.43. The van der Waals surface area contributed by atoms with Crippen molar-refractivity contribution in [2.45, 2.75) is 50.7 Å². The number of hydrogen-bond donors (Lipinski definition) is 2. The van der Waals surface area contributed by atoms with Crippen LogP contribution in [0.5, 0.6) is 0 Å². The number of nitrogens with one attached hydrogen (secondary N) is 1. The number of rotatable bonds is 8. The van der Waals surface area contributed by atoms with E-state index in [0.29, 0.717) is 19.3 Å². The van der Waals surface area contributed by atoms with Gasteiger partial charge in [-0.3, -0.25) is 9.59 Å². The summed E-state index contributed by atoms with van der Waals surface area (Å²) in [6.45, 7) is 0.727. The molecule has 1 saturated heterocycles. The first kappa shape index (κ1) is 16.5. The lowest BCUT2D eigenvalue weighted by atomic mass is 10.0. The van der Waals surface area contributed by atoms with Crippen molar-refractivity contribution in [1.82, 2.24) is 5.32 Å². The lowest BCUT2D eigenvalue weighted by Gasteiger charge is -2.19. The Balaban J connectivity index is 1.88. The van der Waals surface area contributed by atoms with Crippen LogP contribution in [0.1, 0.15) is 37.7 Å². The highest BCUT2D eigenvalue weighted by Crippen LogP contribution is 2.15. The summed E-state index contributed by atoms with van der Waals surface area (Å²) in [5.41, 5.74) is 1.09. The number of carboxylic acid groups (broad SMARTS) is 1. The molecular weight excluding hydrogens is 282 g/mol. The molecule has 1 aromatic rings. The van der Waals surface area contributed by atoms with Crippen LogP contribution in [0, 0.1) is 0 Å². The monoisotopic (exact) mass is 305 g/mol. The molecule has 2 rings (SSSR count). The first-order valence-electron chi connectivity index (χ1n) is 7.80. The van der Waals surface area contributed by atoms with Gasteiger partial charge in [-0.15, -0.1) is 0 Å². The van der Waals surface area contributed by atoms with Gasteiger partial charge in [-0.25, -0.2) is 0 Å². The van der Waals surface area contributed by atoms with Crippen molar-refractivity contribution in [2.75, 3.05) is 6.61 Å². The third-order valence-corrected chi connectivity index (χ3v) is 3.83. The molecule has 1 aromatic carbocycles. The SMILES string of the molecule is O=C(O)CCC(Cc1ccccc1)NC(=O)CC1CCCO1. The fourth-order valence-corrected chi connectivity index (χ4v) is 2.72. The van der Waals surface area contributed by atoms with Crippen molar-refractivity contribution in [3.8, 4) is 0 Å². The summed E-state index contributed by atoms with van der Waals surface area (Å²) in [7, 11) is 0. The van der Waals surface area contributed by atoms with Gasteiger partial charge in [0.2, 0.25) is 5.91 Å². The zero-order valence-corrected chi connectivity index (χ0v) is 12.7. The highest BCUT2D eigenvalue weighted by molar-refractivity contribution is 5.77. The van der Waals surface area contributed by atoms with E-state index in [1.54, 1.807) is 0 Å². The van der Waals surface area contributed by atoms with Crippen molar-refractivity contribution in [1.29, 1.82) is 0 Å². The minimum atomic E-state index is -0.841. The number of aliphatic carboxylic acids is 1. The first-order valence-corrected chi connectivity index (χ1v) is 7.80. The van der Waals surface area contributed by atoms with Gasteiger partial charge in [0, 0.05) is 19.1 Å². The van der Waals surface area contributed by atoms with Gasteiger partial charge in [-0.1, -0.05) is 30.3 Å². The van der Waals surface area contributed by atoms with Crippen LogP contribution in [0.4, 0.5) is 0 Å². The first-order chi connectivity index (χ1) is 10.6. The van der Waals surface area contributed by atoms with Crippen molar-refractivity contribution in [2.24, 2.45) is 0 Å². The van der Waals surface area contributed by atoms with E-state index >= 15 is 0 Å². The average Bonchev–Trinajstić information content (AvgIpc) is 2.98. The highest BCUT2D eigenvalue weighted by Gasteiger charge is 2.21. The third kappa shape index (κ3) is 5.85. The zero-order chi connectivity index (χ0) is 15.8. The molecule has 0 spiro atoms. The maximum absolute atomic E-state index is 12.1. The predicted octanol–water partition coefficient (Wildman–Crippen LogP) is 2.15. The number of amides is 1. The molecule has 0 aromatic heterocycles. The molecule has 1 heterocycles. The second-order valence-corrected chi connectivity index (χ2v) is 5.73. The molecular formula is C17H23NO4. The molecule has 0 aliphatic carbocycles. The molecule has 1 aliphatic heterocycles. The molecule has 1 aliphatic rings. The maximum atomic E-state index is 12.1. The van der Waals surface area contributed by atoms with Crippen molar-refractivity contribution in [3.05, 3.63) is 35.9 Å². The van der Waals surface area contributed by atoms with Crippen LogP contribution < -0.4 is 5.32 Å². The van der Waals surface area contributed by atoms with Gasteiger partial charge >= 0.3 is 5.97 Å². The largest absolute Gasteiger partial charge is 0.481 e. The van der Waals surface area contributed by atoms with Gasteiger partial charge in [0.05, 0.1) is 12.5 Å². The Hall–Kier alpha value is -1.88. The Morgan fingerprint density at radius 2 is 2.09 bits per heavy atom. The predicted molar refractivity (Wildman–Crippen MR) is 82.5 cm³/mol. The number of carbonyl (C=O) groups excluding carboxylic acids is 1. The van der Waals surface area contributed by atoms with Gasteiger partial charge in [0.25, 0.3) is 0 Å². The standard InChI is InChI=1S/C17H23NO4/c19-16(12-15-7-4-10-22-15)18-14(8-9-17(20)21)11-13-5-2-1-3-6-13/h1-3,5-6,14-15H,4,7-12H2,(H,18,19)(H,20,21). The van der Waals surface area contributed by atoms with Gasteiger partial charge in [-0.05, 0) is 31.2 Å². The van der Waals surface area contributed by atoms with E-state index in [9.17, 15) is 9.59 Å². The van der Waals surface area contributed by atoms with Gasteiger partial charge in [-0.2, -0.15) is 0 Å². The van der Waals surface area contributed by atoms with Crippen molar-refractivity contribution >= 4 is 11.9 Å². The fourth-order valence-electron chi connectivity index (χ4n) is 2.72. The summed E-state index contributed by atoms with van der Waals surface area (Å²) >= 11 is 0. The zero-order valence-electron chi connectivity index (χ0n) is 12.7. The number of hydrogen-bond acceptors (Lipinski definition) is 3. The molecule has 0 bridgehead atoms. The minimum Gasteiger partial charge on any atom is -0.481 e. The summed E-state index contributed by atoms with van der Waals surface area (Å²) < 4.78 is 5.47. The van der Waals surface area contributed by atoms with Gasteiger partial charge in [0.15, 0.2) is 0 Å². The maximum Gasteiger partial charge on any atom is 0.303 e. The van der Waals surface area contributed by atoms with Crippen molar-refractivity contribution < 1.29 is 19.4 Å². The van der Waals surface area contributed by atoms with E-state index in [1.165, 1.54) is 0 Å². The lowest BCUT2D eigenvalue weighted by molar-refractivity contribution is -0.137. The van der Waals surface area contributed by atoms with Crippen LogP contribution >= 0.6 is 0 Å². The minimum absolute atomic E-state index is 0.0110. The molecule has 22 heavy (non-hydrogen) atoms. The Morgan fingerprint density at radius 3 is 2.73 bits per heavy atom. The normalized spacial score (nSPS) is 18.8. The molecule has 120 valence electrons. The number of benzene rings is 1. The Kier molecular flexibility index (Phi) is 6.40. The molecule has 2 N–H and O–H groups in total. The third-order valence-electron chi connectivity index (χ3n) is 3.83. The molecule has 5 heteroatoms. The van der Waals surface area contributed by atoms with Crippen LogP contribution in [0.2, 0.25) is 0 Å². The molecule has 0 radical (unpaired) electrons. The second-order valence-electron chi connectivity index (χ2n) is 5.73. The summed E-state index contributed by atoms with van der Waals surface area (Å²) in [5, 5.41) is 11.8. The Morgan fingerprint density at radius 1 is 1.32 bits per heavy atom. The van der Waals surface area contributed by atoms with Gasteiger partial charge in [0.1, 0.15) is 0 Å². The second kappa shape index (κ2) is 8.54. The van der Waals surface area contributed by atoms with Gasteiger partial charge < -0.3 is 15.2 Å². The van der Waals surface area contributed by atoms with Crippen LogP contribution in [0.25, 0.3) is 0 Å². The summed E-state index contributed by atoms with van der Waals surface area (Å²) in [5.74, 6) is -0.898. The highest BCUT2D eigenvalue weighted by atomic mass is 16.5. The topological polar surface area (TPSA) is 75.6 Å². The molecule has 0 saturated carbocycles. The van der Waals surface area contributed by atoms with Crippen molar-refractivity contribution in [3.63, 3.8) is 0 Å². The van der Waals surface area contributed by atoms with E-state index in [-0.39, 0.29) is 24.5 Å². The Bertz CT molecular complexity index is 483. The van der Waals surface area contributed by atoms with Crippen LogP contribution in [-0.4, -0.2) is 35.7 Å². The van der Waals surface area contributed by atoms with E-state index in [4.69, 9.17) is 9.84 Å². The molecule has 2 atom stereocenters. The van der Waals surface area contributed by atoms with Crippen LogP contribution in [0.15, 0.2) is 30.3 Å². The van der Waals surface area contributed by atoms with Crippen LogP contribution in [0.3, 0.4) is 0 Å². The Labute approximate surface area is 130 Å². The lowest BCUT2D eigenvalue weighted by Crippen LogP contribution is -2.38. The molecule has 1 amide bonds. The fraction of sp³-hybridized carbons (Fsp3) is 0.529. The van der Waals surface area contributed by atoms with E-state index < -0.39 is 5.97 Å². The molecule has 2 unspecified atom stereocenters.